The van der Waals surface area contributed by atoms with Crippen LogP contribution in [0.3, 0.4) is 0 Å². The van der Waals surface area contributed by atoms with Crippen molar-refractivity contribution in [1.29, 1.82) is 0 Å². The number of rotatable bonds is 14. The summed E-state index contributed by atoms with van der Waals surface area (Å²) < 4.78 is 84.2. The molecule has 1 aromatic rings. The van der Waals surface area contributed by atoms with Crippen molar-refractivity contribution in [3.05, 3.63) is 34.4 Å². The van der Waals surface area contributed by atoms with E-state index in [0.717, 1.165) is 7.11 Å². The van der Waals surface area contributed by atoms with Gasteiger partial charge in [0.1, 0.15) is 0 Å². The standard InChI is InChI=1S/C9H7F4O2.3C3H7O.Zr/c1-15-3-5-8(12)6(10)4(2-14)7(11)9(5)13;3*1-2-3-4;/h2-3H2,1H3;3*2-3H2,1H3;/q4*-1;+4. The van der Waals surface area contributed by atoms with E-state index in [-0.39, 0.29) is 19.8 Å². The Balaban J connectivity index is 3.17. The minimum atomic E-state index is -4.64. The Morgan fingerprint density at radius 1 is 0.607 bits per heavy atom. The third-order valence-corrected chi connectivity index (χ3v) is 8.91. The van der Waals surface area contributed by atoms with E-state index in [1.807, 2.05) is 20.8 Å². The Morgan fingerprint density at radius 3 is 1.29 bits per heavy atom. The second-order valence-corrected chi connectivity index (χ2v) is 11.3. The van der Waals surface area contributed by atoms with Gasteiger partial charge in [-0.1, -0.05) is 0 Å². The second kappa shape index (κ2) is 13.0. The molecule has 0 aliphatic rings. The first kappa shape index (κ1) is 25.7. The summed E-state index contributed by atoms with van der Waals surface area (Å²) in [5.74, 6) is -6.10. The summed E-state index contributed by atoms with van der Waals surface area (Å²) >= 11 is -4.64. The van der Waals surface area contributed by atoms with Gasteiger partial charge in [-0.25, -0.2) is 0 Å². The number of halogens is 4. The molecule has 0 saturated carbocycles. The van der Waals surface area contributed by atoms with E-state index in [4.69, 9.17) is 11.3 Å². The Labute approximate surface area is 170 Å². The van der Waals surface area contributed by atoms with Crippen molar-refractivity contribution < 1.29 is 55.6 Å². The molecule has 1 aromatic carbocycles. The third kappa shape index (κ3) is 6.85. The van der Waals surface area contributed by atoms with Crippen LogP contribution in [0.4, 0.5) is 17.6 Å². The van der Waals surface area contributed by atoms with Gasteiger partial charge in [0.15, 0.2) is 0 Å². The van der Waals surface area contributed by atoms with Crippen LogP contribution in [0.15, 0.2) is 0 Å². The van der Waals surface area contributed by atoms with Crippen LogP contribution in [0.2, 0.25) is 0 Å². The first-order valence-corrected chi connectivity index (χ1v) is 13.3. The molecule has 0 spiro atoms. The van der Waals surface area contributed by atoms with Crippen molar-refractivity contribution in [1.82, 2.24) is 0 Å². The Bertz CT molecular complexity index is 567. The quantitative estimate of drug-likeness (QED) is 0.271. The van der Waals surface area contributed by atoms with E-state index in [2.05, 4.69) is 4.74 Å². The fourth-order valence-electron chi connectivity index (χ4n) is 2.21. The first-order chi connectivity index (χ1) is 13.4. The molecule has 0 amide bonds. The number of benzene rings is 1. The molecule has 0 radical (unpaired) electrons. The van der Waals surface area contributed by atoms with Gasteiger partial charge in [-0.2, -0.15) is 0 Å². The second-order valence-electron chi connectivity index (χ2n) is 5.98. The van der Waals surface area contributed by atoms with Crippen molar-refractivity contribution in [3.63, 3.8) is 0 Å². The van der Waals surface area contributed by atoms with E-state index in [0.29, 0.717) is 19.3 Å². The molecule has 0 heterocycles. The zero-order valence-corrected chi connectivity index (χ0v) is 19.2. The summed E-state index contributed by atoms with van der Waals surface area (Å²) in [6.45, 7) is 5.04. The fraction of sp³-hybridized carbons (Fsp3) is 0.667. The van der Waals surface area contributed by atoms with Gasteiger partial charge < -0.3 is 0 Å². The zero-order chi connectivity index (χ0) is 21.2. The van der Waals surface area contributed by atoms with Crippen LogP contribution >= 0.6 is 0 Å². The molecular weight excluding hydrogens is 463 g/mol. The van der Waals surface area contributed by atoms with E-state index in [1.165, 1.54) is 0 Å². The Morgan fingerprint density at radius 2 is 0.964 bits per heavy atom. The van der Waals surface area contributed by atoms with Gasteiger partial charge >= 0.3 is 170 Å². The predicted octanol–water partition coefficient (Wildman–Crippen LogP) is 5.00. The molecule has 0 fully saturated rings. The Hall–Kier alpha value is -0.377. The molecule has 5 nitrogen and oxygen atoms in total. The van der Waals surface area contributed by atoms with Crippen molar-refractivity contribution in [3.8, 4) is 0 Å². The van der Waals surface area contributed by atoms with Crippen molar-refractivity contribution in [2.24, 2.45) is 0 Å². The number of ether oxygens (including phenoxy) is 1. The molecule has 0 bridgehead atoms. The van der Waals surface area contributed by atoms with Crippen LogP contribution in [-0.4, -0.2) is 26.9 Å². The van der Waals surface area contributed by atoms with Gasteiger partial charge in [-0.15, -0.1) is 0 Å². The van der Waals surface area contributed by atoms with Gasteiger partial charge in [0.25, 0.3) is 0 Å². The summed E-state index contributed by atoms with van der Waals surface area (Å²) in [7, 11) is 1.16. The third-order valence-electron chi connectivity index (χ3n) is 3.58. The van der Waals surface area contributed by atoms with Gasteiger partial charge in [0.05, 0.1) is 0 Å². The first-order valence-electron chi connectivity index (χ1n) is 9.25. The molecule has 10 heteroatoms. The van der Waals surface area contributed by atoms with Gasteiger partial charge in [-0.3, -0.25) is 0 Å². The van der Waals surface area contributed by atoms with Crippen LogP contribution in [0.25, 0.3) is 0 Å². The summed E-state index contributed by atoms with van der Waals surface area (Å²) in [6.07, 6.45) is 1.93. The SMILES string of the molecule is CCC[O][Zr]([O]CCC)([O]CCC)[O]Cc1c(F)c(F)c(COC)c(F)c1F. The fourth-order valence-corrected chi connectivity index (χ4v) is 7.58. The van der Waals surface area contributed by atoms with Gasteiger partial charge in [0.2, 0.25) is 0 Å². The average Bonchev–Trinajstić information content (AvgIpc) is 2.70. The van der Waals surface area contributed by atoms with Crippen LogP contribution in [-0.2, 0) is 51.2 Å². The minimum absolute atomic E-state index is 0.268. The molecule has 0 unspecified atom stereocenters. The predicted molar refractivity (Wildman–Crippen MR) is 90.5 cm³/mol. The molecule has 162 valence electrons. The molecular formula is C18H28F4O5Zr. The summed E-state index contributed by atoms with van der Waals surface area (Å²) in [5, 5.41) is 0. The zero-order valence-electron chi connectivity index (χ0n) is 16.7. The molecule has 1 rings (SSSR count). The van der Waals surface area contributed by atoms with Crippen LogP contribution in [0.1, 0.15) is 51.2 Å². The van der Waals surface area contributed by atoms with Crippen molar-refractivity contribution in [2.75, 3.05) is 26.9 Å². The van der Waals surface area contributed by atoms with Crippen LogP contribution in [0.5, 0.6) is 0 Å². The summed E-state index contributed by atoms with van der Waals surface area (Å²) in [6, 6.07) is 0. The topological polar surface area (TPSA) is 46.2 Å². The van der Waals surface area contributed by atoms with Crippen LogP contribution in [0, 0.1) is 23.3 Å². The monoisotopic (exact) mass is 490 g/mol. The van der Waals surface area contributed by atoms with Crippen molar-refractivity contribution >= 4 is 0 Å². The van der Waals surface area contributed by atoms with E-state index in [1.54, 1.807) is 0 Å². The van der Waals surface area contributed by atoms with E-state index in [9.17, 15) is 17.6 Å². The van der Waals surface area contributed by atoms with Gasteiger partial charge in [0, 0.05) is 0 Å². The number of methoxy groups -OCH3 is 1. The molecule has 0 saturated heterocycles. The summed E-state index contributed by atoms with van der Waals surface area (Å²) in [4.78, 5) is 0. The normalized spacial score (nSPS) is 12.0. The van der Waals surface area contributed by atoms with E-state index < -0.39 is 69.6 Å². The molecule has 0 N–H and O–H groups in total. The Kier molecular flexibility index (Phi) is 11.9. The van der Waals surface area contributed by atoms with Crippen molar-refractivity contribution in [2.45, 2.75) is 53.2 Å². The van der Waals surface area contributed by atoms with Crippen LogP contribution < -0.4 is 0 Å². The number of hydrogen-bond donors (Lipinski definition) is 0. The molecule has 0 aromatic heterocycles. The average molecular weight is 492 g/mol. The number of hydrogen-bond acceptors (Lipinski definition) is 5. The molecule has 0 atom stereocenters. The van der Waals surface area contributed by atoms with Gasteiger partial charge in [-0.05, 0) is 0 Å². The van der Waals surface area contributed by atoms with E-state index >= 15 is 0 Å². The molecule has 0 aliphatic carbocycles. The maximum absolute atomic E-state index is 14.3. The maximum atomic E-state index is 14.3. The molecule has 0 aliphatic heterocycles. The summed E-state index contributed by atoms with van der Waals surface area (Å²) in [5.41, 5.74) is -1.70. The molecule has 28 heavy (non-hydrogen) atoms.